The molecule has 9 nitrogen and oxygen atoms in total. The molecule has 1 aromatic carbocycles. The van der Waals surface area contributed by atoms with Crippen LogP contribution in [0.1, 0.15) is 31.2 Å². The molecule has 0 bridgehead atoms. The number of hydrogen-bond acceptors (Lipinski definition) is 7. The van der Waals surface area contributed by atoms with Gasteiger partial charge in [-0.05, 0) is 31.0 Å². The van der Waals surface area contributed by atoms with E-state index in [-0.39, 0.29) is 0 Å². The zero-order chi connectivity index (χ0) is 22.1. The molecule has 32 heavy (non-hydrogen) atoms. The van der Waals surface area contributed by atoms with Crippen molar-refractivity contribution in [1.82, 2.24) is 24.7 Å². The van der Waals surface area contributed by atoms with Gasteiger partial charge in [0.15, 0.2) is 0 Å². The summed E-state index contributed by atoms with van der Waals surface area (Å²) < 4.78 is 7.43. The van der Waals surface area contributed by atoms with Gasteiger partial charge in [0.05, 0.1) is 23.8 Å². The Balaban J connectivity index is 1.50. The fraction of sp³-hybridized carbons (Fsp3) is 0.304. The van der Waals surface area contributed by atoms with Crippen LogP contribution in [0.3, 0.4) is 0 Å². The summed E-state index contributed by atoms with van der Waals surface area (Å²) in [6.45, 7) is 0. The number of hydrogen-bond donors (Lipinski definition) is 3. The predicted octanol–water partition coefficient (Wildman–Crippen LogP) is 4.34. The number of nitriles is 1. The number of benzene rings is 1. The third kappa shape index (κ3) is 3.60. The molecule has 0 atom stereocenters. The fourth-order valence-electron chi connectivity index (χ4n) is 4.29. The lowest BCUT2D eigenvalue weighted by atomic mass is 10.1. The van der Waals surface area contributed by atoms with Crippen LogP contribution in [0.5, 0.6) is 5.75 Å². The zero-order valence-corrected chi connectivity index (χ0v) is 18.0. The maximum atomic E-state index is 9.51. The van der Waals surface area contributed by atoms with Crippen LogP contribution in [0.4, 0.5) is 17.5 Å². The maximum Gasteiger partial charge on any atom is 0.231 e. The number of fused-ring (bicyclic) bond motifs is 1. The molecule has 0 spiro atoms. The normalized spacial score (nSPS) is 13.9. The molecule has 1 saturated carbocycles. The standard InChI is InChI=1S/C23H24N8O/c1-31-18(9-10-26-31)17-8-7-16(11-19(17)32-2)28-23-29-21-20(14(12-24)13-25-21)22(30-23)27-15-5-3-4-6-15/h7-11,13,15H,3-6H2,1-2H3,(H3,25,27,28,29,30). The minimum atomic E-state index is 0.362. The molecule has 3 aromatic heterocycles. The van der Waals surface area contributed by atoms with Gasteiger partial charge in [-0.15, -0.1) is 0 Å². The SMILES string of the molecule is COc1cc(Nc2nc(NC3CCCC3)c3c(C#N)c[nH]c3n2)ccc1-c1ccnn1C. The topological polar surface area (TPSA) is 116 Å². The van der Waals surface area contributed by atoms with E-state index in [1.165, 1.54) is 12.8 Å². The average Bonchev–Trinajstić information content (AvgIpc) is 3.55. The Bertz CT molecular complexity index is 1310. The third-order valence-corrected chi connectivity index (χ3v) is 5.90. The summed E-state index contributed by atoms with van der Waals surface area (Å²) in [5.74, 6) is 1.84. The minimum absolute atomic E-state index is 0.362. The van der Waals surface area contributed by atoms with Gasteiger partial charge >= 0.3 is 0 Å². The second kappa shape index (κ2) is 8.23. The third-order valence-electron chi connectivity index (χ3n) is 5.90. The first kappa shape index (κ1) is 19.9. The van der Waals surface area contributed by atoms with Crippen LogP contribution < -0.4 is 15.4 Å². The van der Waals surface area contributed by atoms with E-state index in [1.54, 1.807) is 24.2 Å². The van der Waals surface area contributed by atoms with Crippen LogP contribution in [0.25, 0.3) is 22.3 Å². The van der Waals surface area contributed by atoms with Gasteiger partial charge in [0.25, 0.3) is 0 Å². The Labute approximate surface area is 185 Å². The molecular weight excluding hydrogens is 404 g/mol. The van der Waals surface area contributed by atoms with Crippen molar-refractivity contribution < 1.29 is 4.74 Å². The molecule has 1 fully saturated rings. The molecule has 1 aliphatic rings. The van der Waals surface area contributed by atoms with Crippen molar-refractivity contribution >= 4 is 28.5 Å². The number of aryl methyl sites for hydroxylation is 1. The second-order valence-corrected chi connectivity index (χ2v) is 7.94. The summed E-state index contributed by atoms with van der Waals surface area (Å²) in [6.07, 6.45) is 8.06. The van der Waals surface area contributed by atoms with Crippen LogP contribution in [-0.4, -0.2) is 37.9 Å². The van der Waals surface area contributed by atoms with Crippen LogP contribution in [0, 0.1) is 11.3 Å². The Morgan fingerprint density at radius 3 is 2.78 bits per heavy atom. The lowest BCUT2D eigenvalue weighted by Crippen LogP contribution is -2.16. The van der Waals surface area contributed by atoms with Crippen LogP contribution >= 0.6 is 0 Å². The minimum Gasteiger partial charge on any atom is -0.496 e. The smallest absolute Gasteiger partial charge is 0.231 e. The highest BCUT2D eigenvalue weighted by Crippen LogP contribution is 2.34. The Kier molecular flexibility index (Phi) is 5.11. The molecule has 0 aliphatic heterocycles. The summed E-state index contributed by atoms with van der Waals surface area (Å²) in [5, 5.41) is 21.3. The first-order valence-electron chi connectivity index (χ1n) is 10.7. The molecule has 4 aromatic rings. The maximum absolute atomic E-state index is 9.51. The predicted molar refractivity (Wildman–Crippen MR) is 123 cm³/mol. The van der Waals surface area contributed by atoms with Crippen molar-refractivity contribution in [2.24, 2.45) is 7.05 Å². The highest BCUT2D eigenvalue weighted by atomic mass is 16.5. The number of nitrogens with zero attached hydrogens (tertiary/aromatic N) is 5. The van der Waals surface area contributed by atoms with Crippen molar-refractivity contribution in [3.05, 3.63) is 42.2 Å². The van der Waals surface area contributed by atoms with E-state index < -0.39 is 0 Å². The van der Waals surface area contributed by atoms with Gasteiger partial charge in [-0.3, -0.25) is 4.68 Å². The van der Waals surface area contributed by atoms with Crippen molar-refractivity contribution in [3.8, 4) is 23.1 Å². The van der Waals surface area contributed by atoms with Gasteiger partial charge in [-0.25, -0.2) is 0 Å². The summed E-state index contributed by atoms with van der Waals surface area (Å²) in [5.41, 5.74) is 3.86. The lowest BCUT2D eigenvalue weighted by Gasteiger charge is -2.15. The number of methoxy groups -OCH3 is 1. The molecule has 9 heteroatoms. The highest BCUT2D eigenvalue weighted by molar-refractivity contribution is 5.93. The van der Waals surface area contributed by atoms with Gasteiger partial charge < -0.3 is 20.4 Å². The van der Waals surface area contributed by atoms with Gasteiger partial charge in [0, 0.05) is 42.8 Å². The van der Waals surface area contributed by atoms with Crippen LogP contribution in [0.15, 0.2) is 36.7 Å². The van der Waals surface area contributed by atoms with E-state index in [1.807, 2.05) is 31.3 Å². The summed E-state index contributed by atoms with van der Waals surface area (Å²) in [4.78, 5) is 12.4. The number of ether oxygens (including phenoxy) is 1. The fourth-order valence-corrected chi connectivity index (χ4v) is 4.29. The molecule has 0 unspecified atom stereocenters. The zero-order valence-electron chi connectivity index (χ0n) is 18.0. The molecule has 1 aliphatic carbocycles. The molecule has 162 valence electrons. The Morgan fingerprint density at radius 2 is 2.06 bits per heavy atom. The Hall–Kier alpha value is -4.06. The van der Waals surface area contributed by atoms with Crippen LogP contribution in [-0.2, 0) is 7.05 Å². The number of aromatic amines is 1. The van der Waals surface area contributed by atoms with Crippen molar-refractivity contribution in [2.45, 2.75) is 31.7 Å². The van der Waals surface area contributed by atoms with Crippen molar-refractivity contribution in [2.75, 3.05) is 17.7 Å². The second-order valence-electron chi connectivity index (χ2n) is 7.94. The van der Waals surface area contributed by atoms with Crippen LogP contribution in [0.2, 0.25) is 0 Å². The molecule has 5 rings (SSSR count). The summed E-state index contributed by atoms with van der Waals surface area (Å²) in [7, 11) is 3.54. The summed E-state index contributed by atoms with van der Waals surface area (Å²) >= 11 is 0. The Morgan fingerprint density at radius 1 is 1.22 bits per heavy atom. The first-order valence-corrected chi connectivity index (χ1v) is 10.7. The van der Waals surface area contributed by atoms with Gasteiger partial charge in [0.1, 0.15) is 23.3 Å². The number of H-pyrrole nitrogens is 1. The van der Waals surface area contributed by atoms with E-state index in [4.69, 9.17) is 9.72 Å². The van der Waals surface area contributed by atoms with Gasteiger partial charge in [-0.2, -0.15) is 20.3 Å². The number of anilines is 3. The largest absolute Gasteiger partial charge is 0.496 e. The number of rotatable bonds is 6. The van der Waals surface area contributed by atoms with E-state index in [0.717, 1.165) is 40.9 Å². The number of nitrogens with one attached hydrogen (secondary N) is 3. The van der Waals surface area contributed by atoms with E-state index >= 15 is 0 Å². The molecule has 0 radical (unpaired) electrons. The molecular formula is C23H24N8O. The quantitative estimate of drug-likeness (QED) is 0.418. The first-order chi connectivity index (χ1) is 15.7. The van der Waals surface area contributed by atoms with Crippen molar-refractivity contribution in [1.29, 1.82) is 5.26 Å². The van der Waals surface area contributed by atoms with Gasteiger partial charge in [-0.1, -0.05) is 12.8 Å². The van der Waals surface area contributed by atoms with E-state index in [9.17, 15) is 5.26 Å². The van der Waals surface area contributed by atoms with E-state index in [0.29, 0.717) is 29.0 Å². The summed E-state index contributed by atoms with van der Waals surface area (Å²) in [6, 6.07) is 10.4. The van der Waals surface area contributed by atoms with E-state index in [2.05, 4.69) is 31.8 Å². The molecule has 3 N–H and O–H groups in total. The molecule has 3 heterocycles. The monoisotopic (exact) mass is 428 g/mol. The average molecular weight is 429 g/mol. The van der Waals surface area contributed by atoms with Gasteiger partial charge in [0.2, 0.25) is 5.95 Å². The molecule has 0 saturated heterocycles. The van der Waals surface area contributed by atoms with Crippen molar-refractivity contribution in [3.63, 3.8) is 0 Å². The molecule has 0 amide bonds. The number of aromatic nitrogens is 5. The lowest BCUT2D eigenvalue weighted by molar-refractivity contribution is 0.416. The highest BCUT2D eigenvalue weighted by Gasteiger charge is 2.20.